The zero-order chi connectivity index (χ0) is 15.7. The maximum Gasteiger partial charge on any atom is 0.199 e. The molecule has 0 aliphatic carbocycles. The van der Waals surface area contributed by atoms with Gasteiger partial charge in [0.25, 0.3) is 0 Å². The summed E-state index contributed by atoms with van der Waals surface area (Å²) in [6.45, 7) is 0. The Morgan fingerprint density at radius 3 is 2.55 bits per heavy atom. The first-order valence-electron chi connectivity index (χ1n) is 6.42. The van der Waals surface area contributed by atoms with E-state index in [1.54, 1.807) is 22.8 Å². The molecule has 0 bridgehead atoms. The summed E-state index contributed by atoms with van der Waals surface area (Å²) in [6.07, 6.45) is 0.198. The van der Waals surface area contributed by atoms with E-state index in [-0.39, 0.29) is 12.2 Å². The largest absolute Gasteiger partial charge is 0.270 e. The topological polar surface area (TPSA) is 33.6 Å². The maximum absolute atomic E-state index is 14.0. The molecule has 3 aromatic rings. The van der Waals surface area contributed by atoms with E-state index in [2.05, 4.69) is 10.2 Å². The number of nitrogens with one attached hydrogen (secondary N) is 1. The van der Waals surface area contributed by atoms with Crippen LogP contribution in [0.3, 0.4) is 0 Å². The fraction of sp³-hybridized carbons (Fsp3) is 0.0667. The number of hydrogen-bond donors (Lipinski definition) is 1. The van der Waals surface area contributed by atoms with Crippen molar-refractivity contribution in [1.29, 1.82) is 0 Å². The molecule has 2 aromatic carbocycles. The van der Waals surface area contributed by atoms with Crippen LogP contribution in [0.2, 0.25) is 10.0 Å². The number of hydrogen-bond acceptors (Lipinski definition) is 2. The van der Waals surface area contributed by atoms with Crippen molar-refractivity contribution in [3.8, 4) is 5.69 Å². The Labute approximate surface area is 141 Å². The van der Waals surface area contributed by atoms with Crippen molar-refractivity contribution in [2.45, 2.75) is 6.42 Å². The van der Waals surface area contributed by atoms with Crippen molar-refractivity contribution in [3.63, 3.8) is 0 Å². The van der Waals surface area contributed by atoms with Crippen molar-refractivity contribution in [3.05, 3.63) is 74.5 Å². The number of para-hydroxylation sites is 1. The van der Waals surface area contributed by atoms with Gasteiger partial charge in [-0.1, -0.05) is 41.4 Å². The summed E-state index contributed by atoms with van der Waals surface area (Å²) in [5.74, 6) is 0.150. The molecule has 0 radical (unpaired) electrons. The fourth-order valence-corrected chi connectivity index (χ4v) is 2.89. The van der Waals surface area contributed by atoms with Gasteiger partial charge < -0.3 is 0 Å². The van der Waals surface area contributed by atoms with Crippen LogP contribution >= 0.6 is 35.4 Å². The van der Waals surface area contributed by atoms with Crippen molar-refractivity contribution in [1.82, 2.24) is 14.8 Å². The molecular formula is C15H10Cl2FN3S. The van der Waals surface area contributed by atoms with Gasteiger partial charge in [-0.25, -0.2) is 4.39 Å². The lowest BCUT2D eigenvalue weighted by Crippen LogP contribution is -2.05. The summed E-state index contributed by atoms with van der Waals surface area (Å²) in [5.41, 5.74) is 1.05. The normalized spacial score (nSPS) is 10.9. The second-order valence-electron chi connectivity index (χ2n) is 4.61. The first kappa shape index (κ1) is 15.2. The summed E-state index contributed by atoms with van der Waals surface area (Å²) in [5, 5.41) is 7.76. The highest BCUT2D eigenvalue weighted by atomic mass is 35.5. The third-order valence-electron chi connectivity index (χ3n) is 3.23. The molecule has 3 rings (SSSR count). The predicted octanol–water partition coefficient (Wildman–Crippen LogP) is 4.97. The van der Waals surface area contributed by atoms with Crippen molar-refractivity contribution in [2.24, 2.45) is 0 Å². The van der Waals surface area contributed by atoms with Crippen molar-refractivity contribution >= 4 is 35.4 Å². The molecular weight excluding hydrogens is 344 g/mol. The average Bonchev–Trinajstić information content (AvgIpc) is 2.85. The van der Waals surface area contributed by atoms with E-state index < -0.39 is 0 Å². The third-order valence-corrected chi connectivity index (χ3v) is 4.18. The molecule has 0 saturated carbocycles. The highest BCUT2D eigenvalue weighted by Gasteiger charge is 2.15. The van der Waals surface area contributed by atoms with Crippen LogP contribution < -0.4 is 0 Å². The maximum atomic E-state index is 14.0. The lowest BCUT2D eigenvalue weighted by Gasteiger charge is -2.10. The van der Waals surface area contributed by atoms with Crippen molar-refractivity contribution in [2.75, 3.05) is 0 Å². The molecule has 1 heterocycles. The van der Waals surface area contributed by atoms with Gasteiger partial charge in [-0.3, -0.25) is 9.67 Å². The molecule has 0 fully saturated rings. The van der Waals surface area contributed by atoms with Crippen LogP contribution in [0.5, 0.6) is 0 Å². The second-order valence-corrected chi connectivity index (χ2v) is 5.81. The minimum absolute atomic E-state index is 0.198. The van der Waals surface area contributed by atoms with E-state index in [0.29, 0.717) is 31.9 Å². The van der Waals surface area contributed by atoms with E-state index >= 15 is 0 Å². The lowest BCUT2D eigenvalue weighted by atomic mass is 10.1. The number of rotatable bonds is 3. The fourth-order valence-electron chi connectivity index (χ4n) is 2.19. The Kier molecular flexibility index (Phi) is 4.29. The van der Waals surface area contributed by atoms with Gasteiger partial charge in [0.05, 0.1) is 10.7 Å². The van der Waals surface area contributed by atoms with Gasteiger partial charge in [-0.05, 0) is 36.5 Å². The predicted molar refractivity (Wildman–Crippen MR) is 88.0 cm³/mol. The van der Waals surface area contributed by atoms with Crippen LogP contribution in [-0.4, -0.2) is 14.8 Å². The molecule has 0 spiro atoms. The van der Waals surface area contributed by atoms with Gasteiger partial charge in [-0.2, -0.15) is 5.10 Å². The van der Waals surface area contributed by atoms with Crippen LogP contribution in [0.15, 0.2) is 42.5 Å². The summed E-state index contributed by atoms with van der Waals surface area (Å²) >= 11 is 17.5. The standard InChI is InChI=1S/C15H10Cl2FN3S/c16-10-5-3-6-12(18)9(10)8-14-19-20-15(22)21(14)13-7-2-1-4-11(13)17/h1-7H,8H2,(H,20,22). The Bertz CT molecular complexity index is 868. The van der Waals surface area contributed by atoms with E-state index in [4.69, 9.17) is 35.4 Å². The van der Waals surface area contributed by atoms with E-state index in [1.165, 1.54) is 6.07 Å². The Morgan fingerprint density at radius 2 is 1.82 bits per heavy atom. The Morgan fingerprint density at radius 1 is 1.09 bits per heavy atom. The molecule has 0 aliphatic heterocycles. The average molecular weight is 354 g/mol. The molecule has 7 heteroatoms. The van der Waals surface area contributed by atoms with Gasteiger partial charge in [-0.15, -0.1) is 0 Å². The monoisotopic (exact) mass is 353 g/mol. The number of halogens is 3. The van der Waals surface area contributed by atoms with Gasteiger partial charge in [0, 0.05) is 17.0 Å². The summed E-state index contributed by atoms with van der Waals surface area (Å²) in [6, 6.07) is 11.8. The number of nitrogens with zero attached hydrogens (tertiary/aromatic N) is 2. The SMILES string of the molecule is Fc1cccc(Cl)c1Cc1n[nH]c(=S)n1-c1ccccc1Cl. The molecule has 1 aromatic heterocycles. The molecule has 0 atom stereocenters. The molecule has 112 valence electrons. The zero-order valence-corrected chi connectivity index (χ0v) is 13.5. The number of H-pyrrole nitrogens is 1. The first-order chi connectivity index (χ1) is 10.6. The van der Waals surface area contributed by atoms with Gasteiger partial charge in [0.2, 0.25) is 0 Å². The molecule has 0 saturated heterocycles. The minimum atomic E-state index is -0.382. The second kappa shape index (κ2) is 6.20. The number of aromatic nitrogens is 3. The van der Waals surface area contributed by atoms with Gasteiger partial charge in [0.15, 0.2) is 4.77 Å². The van der Waals surface area contributed by atoms with Crippen LogP contribution in [0.1, 0.15) is 11.4 Å². The van der Waals surface area contributed by atoms with E-state index in [0.717, 1.165) is 0 Å². The number of benzene rings is 2. The summed E-state index contributed by atoms with van der Waals surface area (Å²) in [4.78, 5) is 0. The minimum Gasteiger partial charge on any atom is -0.270 e. The lowest BCUT2D eigenvalue weighted by molar-refractivity contribution is 0.611. The van der Waals surface area contributed by atoms with Crippen LogP contribution in [0.25, 0.3) is 5.69 Å². The van der Waals surface area contributed by atoms with Crippen LogP contribution in [-0.2, 0) is 6.42 Å². The molecule has 1 N–H and O–H groups in total. The smallest absolute Gasteiger partial charge is 0.199 e. The number of aromatic amines is 1. The van der Waals surface area contributed by atoms with Crippen LogP contribution in [0.4, 0.5) is 4.39 Å². The van der Waals surface area contributed by atoms with Gasteiger partial charge in [0.1, 0.15) is 11.6 Å². The highest BCUT2D eigenvalue weighted by Crippen LogP contribution is 2.25. The van der Waals surface area contributed by atoms with E-state index in [9.17, 15) is 4.39 Å². The van der Waals surface area contributed by atoms with Gasteiger partial charge >= 0.3 is 0 Å². The molecule has 0 unspecified atom stereocenters. The van der Waals surface area contributed by atoms with Crippen molar-refractivity contribution < 1.29 is 4.39 Å². The molecule has 22 heavy (non-hydrogen) atoms. The highest BCUT2D eigenvalue weighted by molar-refractivity contribution is 7.71. The first-order valence-corrected chi connectivity index (χ1v) is 7.58. The van der Waals surface area contributed by atoms with E-state index in [1.807, 2.05) is 18.2 Å². The molecule has 3 nitrogen and oxygen atoms in total. The molecule has 0 amide bonds. The summed E-state index contributed by atoms with van der Waals surface area (Å²) < 4.78 is 16.0. The quantitative estimate of drug-likeness (QED) is 0.674. The molecule has 0 aliphatic rings. The van der Waals surface area contributed by atoms with Crippen LogP contribution in [0, 0.1) is 10.6 Å². The zero-order valence-electron chi connectivity index (χ0n) is 11.2. The Hall–Kier alpha value is -1.69. The third kappa shape index (κ3) is 2.79. The Balaban J connectivity index is 2.11. The summed E-state index contributed by atoms with van der Waals surface area (Å²) in [7, 11) is 0.